The van der Waals surface area contributed by atoms with Crippen molar-refractivity contribution in [3.8, 4) is 5.75 Å². The highest BCUT2D eigenvalue weighted by atomic mass is 16.7. The molecule has 2 aromatic carbocycles. The van der Waals surface area contributed by atoms with Gasteiger partial charge in [0.15, 0.2) is 0 Å². The van der Waals surface area contributed by atoms with Gasteiger partial charge in [0.1, 0.15) is 11.9 Å². The molecule has 5 rings (SSSR count). The molecule has 1 saturated carbocycles. The summed E-state index contributed by atoms with van der Waals surface area (Å²) in [4.78, 5) is 27.3. The second-order valence-electron chi connectivity index (χ2n) is 11.4. The Hall–Kier alpha value is -2.84. The summed E-state index contributed by atoms with van der Waals surface area (Å²) >= 11 is 0. The van der Waals surface area contributed by atoms with E-state index in [1.807, 2.05) is 69.9 Å². The van der Waals surface area contributed by atoms with Crippen LogP contribution in [0.4, 0.5) is 0 Å². The Bertz CT molecular complexity index is 1160. The first-order valence-corrected chi connectivity index (χ1v) is 12.8. The lowest BCUT2D eigenvalue weighted by Gasteiger charge is -2.32. The summed E-state index contributed by atoms with van der Waals surface area (Å²) in [6.45, 7) is 10.6. The van der Waals surface area contributed by atoms with Crippen molar-refractivity contribution in [2.45, 2.75) is 77.2 Å². The van der Waals surface area contributed by atoms with Crippen LogP contribution in [0.25, 0.3) is 0 Å². The van der Waals surface area contributed by atoms with E-state index >= 15 is 0 Å². The van der Waals surface area contributed by atoms with Gasteiger partial charge in [-0.05, 0) is 64.2 Å². The summed E-state index contributed by atoms with van der Waals surface area (Å²) in [5.74, 6) is 0.345. The van der Waals surface area contributed by atoms with Crippen LogP contribution in [0.15, 0.2) is 42.5 Å². The number of carbonyl (C=O) groups is 2. The first-order chi connectivity index (χ1) is 16.9. The maximum Gasteiger partial charge on any atom is 0.494 e. The van der Waals surface area contributed by atoms with Crippen LogP contribution in [-0.4, -0.2) is 53.7 Å². The number of likely N-dealkylation sites (tertiary alicyclic amines) is 1. The zero-order chi connectivity index (χ0) is 25.8. The molecule has 3 atom stereocenters. The topological polar surface area (TPSA) is 91.1 Å². The molecule has 2 aliphatic heterocycles. The van der Waals surface area contributed by atoms with Gasteiger partial charge < -0.3 is 24.7 Å². The zero-order valence-electron chi connectivity index (χ0n) is 21.7. The van der Waals surface area contributed by atoms with Crippen molar-refractivity contribution in [1.82, 2.24) is 4.90 Å². The maximum atomic E-state index is 13.0. The molecule has 2 aromatic rings. The standard InChI is InChI=1S/C28H35BN2O5/c1-17-6-8-18(9-7-17)14-25(32)31-13-12-24(20-16-22(20)31)34-23-11-10-19(15-21(23)26(30)33)29-35-27(2,3)28(4,5)36-29/h6-11,15,20,22,24H,12-14,16H2,1-5H3,(H2,30,33). The summed E-state index contributed by atoms with van der Waals surface area (Å²) in [5.41, 5.74) is 8.04. The molecule has 2 N–H and O–H groups in total. The van der Waals surface area contributed by atoms with E-state index in [1.165, 1.54) is 5.56 Å². The summed E-state index contributed by atoms with van der Waals surface area (Å²) in [6, 6.07) is 13.7. The SMILES string of the molecule is Cc1ccc(CC(=O)N2CCC(Oc3ccc(B4OC(C)(C)C(C)(C)O4)cc3C(N)=O)C3CC32)cc1. The van der Waals surface area contributed by atoms with Gasteiger partial charge in [-0.15, -0.1) is 0 Å². The Morgan fingerprint density at radius 2 is 1.75 bits per heavy atom. The molecule has 0 aromatic heterocycles. The lowest BCUT2D eigenvalue weighted by molar-refractivity contribution is -0.132. The highest BCUT2D eigenvalue weighted by Crippen LogP contribution is 2.45. The van der Waals surface area contributed by atoms with E-state index in [1.54, 1.807) is 12.1 Å². The van der Waals surface area contributed by atoms with Crippen LogP contribution in [0.2, 0.25) is 0 Å². The lowest BCUT2D eigenvalue weighted by Crippen LogP contribution is -2.44. The Balaban J connectivity index is 1.25. The fraction of sp³-hybridized carbons (Fsp3) is 0.500. The molecule has 1 aliphatic carbocycles. The molecule has 8 heteroatoms. The molecular formula is C28H35BN2O5. The number of nitrogens with two attached hydrogens (primary N) is 1. The molecule has 3 aliphatic rings. The van der Waals surface area contributed by atoms with E-state index in [0.717, 1.165) is 23.9 Å². The third-order valence-electron chi connectivity index (χ3n) is 8.21. The van der Waals surface area contributed by atoms with Gasteiger partial charge in [-0.3, -0.25) is 9.59 Å². The predicted octanol–water partition coefficient (Wildman–Crippen LogP) is 3.00. The van der Waals surface area contributed by atoms with E-state index < -0.39 is 24.2 Å². The van der Waals surface area contributed by atoms with Gasteiger partial charge in [-0.2, -0.15) is 0 Å². The van der Waals surface area contributed by atoms with Crippen molar-refractivity contribution in [2.24, 2.45) is 11.7 Å². The van der Waals surface area contributed by atoms with Crippen molar-refractivity contribution < 1.29 is 23.6 Å². The number of carbonyl (C=O) groups excluding carboxylic acids is 2. The molecule has 36 heavy (non-hydrogen) atoms. The molecular weight excluding hydrogens is 455 g/mol. The van der Waals surface area contributed by atoms with Gasteiger partial charge in [0.2, 0.25) is 5.91 Å². The van der Waals surface area contributed by atoms with Crippen LogP contribution < -0.4 is 15.9 Å². The average molecular weight is 490 g/mol. The number of ether oxygens (including phenoxy) is 1. The van der Waals surface area contributed by atoms with E-state index in [2.05, 4.69) is 0 Å². The number of amides is 2. The molecule has 0 spiro atoms. The third kappa shape index (κ3) is 4.64. The van der Waals surface area contributed by atoms with E-state index in [0.29, 0.717) is 24.3 Å². The van der Waals surface area contributed by atoms with Gasteiger partial charge >= 0.3 is 7.12 Å². The van der Waals surface area contributed by atoms with E-state index in [-0.39, 0.29) is 24.0 Å². The van der Waals surface area contributed by atoms with Gasteiger partial charge in [-0.25, -0.2) is 0 Å². The molecule has 2 amide bonds. The van der Waals surface area contributed by atoms with E-state index in [4.69, 9.17) is 19.8 Å². The number of nitrogens with zero attached hydrogens (tertiary/aromatic N) is 1. The monoisotopic (exact) mass is 490 g/mol. The highest BCUT2D eigenvalue weighted by Gasteiger charge is 2.53. The minimum Gasteiger partial charge on any atom is -0.489 e. The first-order valence-electron chi connectivity index (χ1n) is 12.8. The van der Waals surface area contributed by atoms with Crippen molar-refractivity contribution in [1.29, 1.82) is 0 Å². The number of piperidine rings is 1. The Kier molecular flexibility index (Phi) is 6.16. The van der Waals surface area contributed by atoms with Gasteiger partial charge in [0, 0.05) is 24.9 Å². The van der Waals surface area contributed by atoms with Crippen molar-refractivity contribution in [2.75, 3.05) is 6.54 Å². The number of benzene rings is 2. The predicted molar refractivity (Wildman–Crippen MR) is 138 cm³/mol. The van der Waals surface area contributed by atoms with Crippen molar-refractivity contribution in [3.63, 3.8) is 0 Å². The van der Waals surface area contributed by atoms with Crippen LogP contribution in [0.3, 0.4) is 0 Å². The molecule has 190 valence electrons. The number of fused-ring (bicyclic) bond motifs is 1. The van der Waals surface area contributed by atoms with Crippen LogP contribution in [0.1, 0.15) is 62.0 Å². The van der Waals surface area contributed by atoms with Gasteiger partial charge in [0.25, 0.3) is 5.91 Å². The molecule has 3 unspecified atom stereocenters. The maximum absolute atomic E-state index is 13.0. The van der Waals surface area contributed by atoms with Crippen LogP contribution in [0, 0.1) is 12.8 Å². The smallest absolute Gasteiger partial charge is 0.489 e. The molecule has 0 radical (unpaired) electrons. The Labute approximate surface area is 213 Å². The molecule has 2 saturated heterocycles. The van der Waals surface area contributed by atoms with Gasteiger partial charge in [0.05, 0.1) is 23.2 Å². The second kappa shape index (κ2) is 8.92. The van der Waals surface area contributed by atoms with Crippen LogP contribution >= 0.6 is 0 Å². The number of aryl methyl sites for hydroxylation is 1. The number of hydrogen-bond acceptors (Lipinski definition) is 5. The highest BCUT2D eigenvalue weighted by molar-refractivity contribution is 6.62. The Morgan fingerprint density at radius 3 is 2.39 bits per heavy atom. The number of hydrogen-bond donors (Lipinski definition) is 1. The second-order valence-corrected chi connectivity index (χ2v) is 11.4. The summed E-state index contributed by atoms with van der Waals surface area (Å²) < 4.78 is 18.6. The molecule has 2 heterocycles. The van der Waals surface area contributed by atoms with Crippen molar-refractivity contribution in [3.05, 3.63) is 59.2 Å². The molecule has 0 bridgehead atoms. The molecule has 3 fully saturated rings. The Morgan fingerprint density at radius 1 is 1.08 bits per heavy atom. The fourth-order valence-electron chi connectivity index (χ4n) is 5.17. The summed E-state index contributed by atoms with van der Waals surface area (Å²) in [7, 11) is -0.585. The van der Waals surface area contributed by atoms with E-state index in [9.17, 15) is 9.59 Å². The first kappa shape index (κ1) is 24.8. The minimum absolute atomic E-state index is 0.0563. The zero-order valence-corrected chi connectivity index (χ0v) is 21.7. The summed E-state index contributed by atoms with van der Waals surface area (Å²) in [6.07, 6.45) is 2.00. The van der Waals surface area contributed by atoms with Crippen molar-refractivity contribution >= 4 is 24.4 Å². The van der Waals surface area contributed by atoms with Gasteiger partial charge in [-0.1, -0.05) is 35.9 Å². The lowest BCUT2D eigenvalue weighted by atomic mass is 9.78. The quantitative estimate of drug-likeness (QED) is 0.629. The fourth-order valence-corrected chi connectivity index (χ4v) is 5.17. The third-order valence-corrected chi connectivity index (χ3v) is 8.21. The largest absolute Gasteiger partial charge is 0.494 e. The number of rotatable bonds is 6. The normalized spacial score (nSPS) is 25.9. The van der Waals surface area contributed by atoms with Crippen LogP contribution in [0.5, 0.6) is 5.75 Å². The minimum atomic E-state index is -0.585. The number of primary amides is 1. The van der Waals surface area contributed by atoms with Crippen LogP contribution in [-0.2, 0) is 20.5 Å². The summed E-state index contributed by atoms with van der Waals surface area (Å²) in [5, 5.41) is 0. The molecule has 7 nitrogen and oxygen atoms in total. The average Bonchev–Trinajstić information content (AvgIpc) is 3.57.